The second kappa shape index (κ2) is 14.3. The fourth-order valence-electron chi connectivity index (χ4n) is 6.30. The summed E-state index contributed by atoms with van der Waals surface area (Å²) in [6.45, 7) is 3.26. The Kier molecular flexibility index (Phi) is 10.6. The first kappa shape index (κ1) is 28.1. The monoisotopic (exact) mass is 526 g/mol. The first-order valence-electron chi connectivity index (χ1n) is 14.5. The molecule has 0 aromatic rings. The van der Waals surface area contributed by atoms with Gasteiger partial charge in [0.05, 0.1) is 19.8 Å². The molecule has 208 valence electrons. The molecule has 2 saturated carbocycles. The van der Waals surface area contributed by atoms with E-state index in [-0.39, 0.29) is 6.61 Å². The van der Waals surface area contributed by atoms with E-state index in [1.807, 2.05) is 0 Å². The van der Waals surface area contributed by atoms with Gasteiger partial charge in [0.15, 0.2) is 0 Å². The van der Waals surface area contributed by atoms with Crippen molar-refractivity contribution in [2.75, 3.05) is 26.4 Å². The SMILES string of the molecule is CCOC(=O)[C@H](CCCCNC(=O)OC[C@@H]1[C@@H]2CCC#CCC[C@@H]21)NC(=O)OCC1[C@H]2CCC#CCC[C@@H]12. The lowest BCUT2D eigenvalue weighted by Gasteiger charge is -2.17. The number of ether oxygens (including phenoxy) is 3. The first-order chi connectivity index (χ1) is 18.6. The molecule has 8 nitrogen and oxygen atoms in total. The molecule has 2 fully saturated rings. The second-order valence-corrected chi connectivity index (χ2v) is 10.9. The van der Waals surface area contributed by atoms with Crippen LogP contribution >= 0.6 is 0 Å². The normalized spacial score (nSPS) is 29.3. The van der Waals surface area contributed by atoms with Crippen LogP contribution in [0.15, 0.2) is 0 Å². The number of rotatable bonds is 12. The first-order valence-corrected chi connectivity index (χ1v) is 14.5. The van der Waals surface area contributed by atoms with Crippen LogP contribution in [0.3, 0.4) is 0 Å². The molecule has 2 amide bonds. The van der Waals surface area contributed by atoms with E-state index in [4.69, 9.17) is 14.2 Å². The predicted molar refractivity (Wildman–Crippen MR) is 142 cm³/mol. The number of hydrogen-bond acceptors (Lipinski definition) is 6. The zero-order valence-corrected chi connectivity index (χ0v) is 22.6. The Morgan fingerprint density at radius 1 is 0.737 bits per heavy atom. The molecule has 0 bridgehead atoms. The Morgan fingerprint density at radius 2 is 1.24 bits per heavy atom. The van der Waals surface area contributed by atoms with Crippen LogP contribution in [-0.2, 0) is 19.0 Å². The van der Waals surface area contributed by atoms with Crippen molar-refractivity contribution in [1.82, 2.24) is 10.6 Å². The van der Waals surface area contributed by atoms with Gasteiger partial charge in [0.25, 0.3) is 0 Å². The summed E-state index contributed by atoms with van der Waals surface area (Å²) in [7, 11) is 0. The third-order valence-electron chi connectivity index (χ3n) is 8.54. The van der Waals surface area contributed by atoms with Crippen molar-refractivity contribution in [2.24, 2.45) is 35.5 Å². The average molecular weight is 527 g/mol. The fraction of sp³-hybridized carbons (Fsp3) is 0.767. The van der Waals surface area contributed by atoms with Gasteiger partial charge in [-0.05, 0) is 87.4 Å². The molecule has 2 N–H and O–H groups in total. The van der Waals surface area contributed by atoms with E-state index in [9.17, 15) is 14.4 Å². The zero-order valence-electron chi connectivity index (χ0n) is 22.6. The summed E-state index contributed by atoms with van der Waals surface area (Å²) in [5.74, 6) is 15.6. The van der Waals surface area contributed by atoms with Crippen molar-refractivity contribution in [3.8, 4) is 23.7 Å². The molecule has 0 aromatic carbocycles. The number of fused-ring (bicyclic) bond motifs is 2. The third-order valence-corrected chi connectivity index (χ3v) is 8.54. The molecule has 8 heteroatoms. The van der Waals surface area contributed by atoms with Gasteiger partial charge >= 0.3 is 18.2 Å². The highest BCUT2D eigenvalue weighted by Gasteiger charge is 2.50. The predicted octanol–water partition coefficient (Wildman–Crippen LogP) is 4.42. The molecule has 0 aromatic heterocycles. The van der Waals surface area contributed by atoms with Crippen LogP contribution in [0, 0.1) is 59.2 Å². The molecule has 38 heavy (non-hydrogen) atoms. The molecule has 0 saturated heterocycles. The standard InChI is InChI=1S/C30H42N2O6/c1-2-36-28(33)27(32-30(35)38-20-26-23-15-9-5-6-10-16-24(23)26)17-11-12-18-31-29(34)37-19-25-21-13-7-3-4-8-14-22(21)25/h21-27H,2,7-20H2,1H3,(H,31,34)(H,32,35)/t21-,22+,23-,24+,25-,26?,27-/m0/s1. The minimum absolute atomic E-state index is 0.239. The van der Waals surface area contributed by atoms with Crippen molar-refractivity contribution in [1.29, 1.82) is 0 Å². The summed E-state index contributed by atoms with van der Waals surface area (Å²) in [5, 5.41) is 5.47. The van der Waals surface area contributed by atoms with E-state index in [0.717, 1.165) is 51.4 Å². The van der Waals surface area contributed by atoms with E-state index >= 15 is 0 Å². The third kappa shape index (κ3) is 8.32. The Hall–Kier alpha value is -2.87. The highest BCUT2D eigenvalue weighted by atomic mass is 16.6. The van der Waals surface area contributed by atoms with Gasteiger partial charge in [-0.25, -0.2) is 14.4 Å². The van der Waals surface area contributed by atoms with Crippen LogP contribution in [0.1, 0.15) is 77.6 Å². The Morgan fingerprint density at radius 3 is 1.74 bits per heavy atom. The molecule has 4 aliphatic rings. The summed E-state index contributed by atoms with van der Waals surface area (Å²) in [6.07, 6.45) is 8.77. The van der Waals surface area contributed by atoms with Crippen molar-refractivity contribution >= 4 is 18.2 Å². The van der Waals surface area contributed by atoms with Crippen molar-refractivity contribution < 1.29 is 28.6 Å². The fourth-order valence-corrected chi connectivity index (χ4v) is 6.30. The number of carbonyl (C=O) groups is 3. The van der Waals surface area contributed by atoms with E-state index in [1.54, 1.807) is 6.92 Å². The van der Waals surface area contributed by atoms with Gasteiger partial charge in [-0.2, -0.15) is 0 Å². The second-order valence-electron chi connectivity index (χ2n) is 10.9. The van der Waals surface area contributed by atoms with Gasteiger partial charge in [-0.3, -0.25) is 0 Å². The largest absolute Gasteiger partial charge is 0.464 e. The summed E-state index contributed by atoms with van der Waals surface area (Å²) in [5.41, 5.74) is 0. The van der Waals surface area contributed by atoms with Crippen LogP contribution in [0.4, 0.5) is 9.59 Å². The number of nitrogens with one attached hydrogen (secondary N) is 2. The van der Waals surface area contributed by atoms with Gasteiger partial charge in [-0.15, -0.1) is 23.7 Å². The molecule has 4 aliphatic carbocycles. The summed E-state index contributed by atoms with van der Waals surface area (Å²) in [4.78, 5) is 36.9. The molecule has 7 atom stereocenters. The molecule has 1 unspecified atom stereocenters. The maximum atomic E-state index is 12.4. The van der Waals surface area contributed by atoms with Gasteiger partial charge in [0, 0.05) is 32.2 Å². The lowest BCUT2D eigenvalue weighted by atomic mass is 10.1. The van der Waals surface area contributed by atoms with E-state index in [0.29, 0.717) is 74.5 Å². The smallest absolute Gasteiger partial charge is 0.407 e. The molecular formula is C30H42N2O6. The van der Waals surface area contributed by atoms with Crippen molar-refractivity contribution in [2.45, 2.75) is 83.6 Å². The summed E-state index contributed by atoms with van der Waals surface area (Å²) >= 11 is 0. The highest BCUT2D eigenvalue weighted by molar-refractivity contribution is 5.81. The Labute approximate surface area is 226 Å². The van der Waals surface area contributed by atoms with E-state index in [2.05, 4.69) is 34.3 Å². The Balaban J connectivity index is 1.08. The molecule has 0 radical (unpaired) electrons. The van der Waals surface area contributed by atoms with Crippen LogP contribution in [0.25, 0.3) is 0 Å². The molecule has 0 spiro atoms. The minimum Gasteiger partial charge on any atom is -0.464 e. The van der Waals surface area contributed by atoms with Crippen molar-refractivity contribution in [3.63, 3.8) is 0 Å². The molecular weight excluding hydrogens is 484 g/mol. The number of amides is 2. The summed E-state index contributed by atoms with van der Waals surface area (Å²) in [6, 6.07) is -0.772. The molecule has 0 aliphatic heterocycles. The van der Waals surface area contributed by atoms with Crippen LogP contribution < -0.4 is 10.6 Å². The minimum atomic E-state index is -0.772. The maximum Gasteiger partial charge on any atom is 0.407 e. The number of unbranched alkanes of at least 4 members (excludes halogenated alkanes) is 1. The van der Waals surface area contributed by atoms with E-state index in [1.165, 1.54) is 0 Å². The summed E-state index contributed by atoms with van der Waals surface area (Å²) < 4.78 is 16.1. The van der Waals surface area contributed by atoms with Gasteiger partial charge in [-0.1, -0.05) is 0 Å². The topological polar surface area (TPSA) is 103 Å². The average Bonchev–Trinajstić information content (AvgIpc) is 3.73. The lowest BCUT2D eigenvalue weighted by Crippen LogP contribution is -2.42. The molecule has 4 rings (SSSR count). The zero-order chi connectivity index (χ0) is 26.7. The van der Waals surface area contributed by atoms with Crippen LogP contribution in [-0.4, -0.2) is 50.6 Å². The maximum absolute atomic E-state index is 12.4. The van der Waals surface area contributed by atoms with Gasteiger partial charge in [0.1, 0.15) is 6.04 Å². The van der Waals surface area contributed by atoms with Crippen molar-refractivity contribution in [3.05, 3.63) is 0 Å². The number of esters is 1. The van der Waals surface area contributed by atoms with E-state index < -0.39 is 24.2 Å². The molecule has 0 heterocycles. The Bertz CT molecular complexity index is 923. The highest BCUT2D eigenvalue weighted by Crippen LogP contribution is 2.53. The van der Waals surface area contributed by atoms with Gasteiger partial charge < -0.3 is 24.8 Å². The number of carbonyl (C=O) groups excluding carboxylic acids is 3. The quantitative estimate of drug-likeness (QED) is 0.169. The number of alkyl carbamates (subject to hydrolysis) is 2. The van der Waals surface area contributed by atoms with Crippen LogP contribution in [0.5, 0.6) is 0 Å². The number of hydrogen-bond donors (Lipinski definition) is 2. The van der Waals surface area contributed by atoms with Crippen LogP contribution in [0.2, 0.25) is 0 Å². The lowest BCUT2D eigenvalue weighted by molar-refractivity contribution is -0.145. The van der Waals surface area contributed by atoms with Gasteiger partial charge in [0.2, 0.25) is 0 Å².